The van der Waals surface area contributed by atoms with Gasteiger partial charge in [-0.3, -0.25) is 14.5 Å². The second-order valence-corrected chi connectivity index (χ2v) is 8.28. The van der Waals surface area contributed by atoms with Gasteiger partial charge in [-0.1, -0.05) is 12.8 Å². The van der Waals surface area contributed by atoms with E-state index in [4.69, 9.17) is 0 Å². The summed E-state index contributed by atoms with van der Waals surface area (Å²) in [5.41, 5.74) is 3.22. The molecule has 1 aromatic heterocycles. The molecular formula is C23H28N4O3. The number of carbonyl (C=O) groups is 3. The van der Waals surface area contributed by atoms with Gasteiger partial charge in [-0.25, -0.2) is 4.79 Å². The molecule has 4 rings (SSSR count). The molecule has 7 heteroatoms. The lowest BCUT2D eigenvalue weighted by atomic mass is 9.98. The van der Waals surface area contributed by atoms with Crippen LogP contribution >= 0.6 is 0 Å². The van der Waals surface area contributed by atoms with Gasteiger partial charge in [-0.15, -0.1) is 0 Å². The fraction of sp³-hybridized carbons (Fsp3) is 0.435. The minimum Gasteiger partial charge on any atom is -0.352 e. The number of imide groups is 1. The van der Waals surface area contributed by atoms with Gasteiger partial charge in [-0.2, -0.15) is 0 Å². The lowest BCUT2D eigenvalue weighted by molar-refractivity contribution is -0.131. The smallest absolute Gasteiger partial charge is 0.325 e. The molecule has 1 aliphatic carbocycles. The molecule has 1 saturated carbocycles. The molecule has 0 radical (unpaired) electrons. The first-order chi connectivity index (χ1) is 14.4. The van der Waals surface area contributed by atoms with Crippen molar-refractivity contribution in [1.29, 1.82) is 0 Å². The van der Waals surface area contributed by atoms with Gasteiger partial charge in [-0.05, 0) is 69.5 Å². The van der Waals surface area contributed by atoms with Crippen molar-refractivity contribution in [2.45, 2.75) is 51.5 Å². The third-order valence-corrected chi connectivity index (χ3v) is 6.21. The van der Waals surface area contributed by atoms with Crippen molar-refractivity contribution >= 4 is 17.8 Å². The lowest BCUT2D eigenvalue weighted by Crippen LogP contribution is -2.44. The minimum atomic E-state index is -0.668. The van der Waals surface area contributed by atoms with Gasteiger partial charge in [0.1, 0.15) is 5.54 Å². The van der Waals surface area contributed by atoms with E-state index in [9.17, 15) is 14.4 Å². The second-order valence-electron chi connectivity index (χ2n) is 8.28. The molecule has 1 aromatic carbocycles. The van der Waals surface area contributed by atoms with Crippen LogP contribution < -0.4 is 10.6 Å². The Hall–Kier alpha value is -3.09. The van der Waals surface area contributed by atoms with Crippen LogP contribution in [0.5, 0.6) is 0 Å². The summed E-state index contributed by atoms with van der Waals surface area (Å²) in [5.74, 6) is -0.269. The normalized spacial score (nSPS) is 17.6. The van der Waals surface area contributed by atoms with Gasteiger partial charge in [0.15, 0.2) is 0 Å². The Morgan fingerprint density at radius 2 is 1.67 bits per heavy atom. The summed E-state index contributed by atoms with van der Waals surface area (Å²) in [7, 11) is 0. The van der Waals surface area contributed by atoms with Gasteiger partial charge in [0.2, 0.25) is 0 Å². The van der Waals surface area contributed by atoms with Crippen LogP contribution in [0.1, 0.15) is 53.8 Å². The summed E-state index contributed by atoms with van der Waals surface area (Å²) in [6, 6.07) is 11.3. The Morgan fingerprint density at radius 3 is 2.30 bits per heavy atom. The molecule has 1 aliphatic heterocycles. The van der Waals surface area contributed by atoms with E-state index in [0.29, 0.717) is 25.1 Å². The number of aromatic nitrogens is 1. The summed E-state index contributed by atoms with van der Waals surface area (Å²) < 4.78 is 2.14. The van der Waals surface area contributed by atoms with Gasteiger partial charge >= 0.3 is 6.03 Å². The predicted octanol–water partition coefficient (Wildman–Crippen LogP) is 3.08. The topological polar surface area (TPSA) is 83.4 Å². The van der Waals surface area contributed by atoms with E-state index in [1.165, 1.54) is 4.90 Å². The van der Waals surface area contributed by atoms with Crippen LogP contribution in [-0.4, -0.2) is 45.9 Å². The maximum absolute atomic E-state index is 12.6. The van der Waals surface area contributed by atoms with Crippen molar-refractivity contribution in [3.8, 4) is 5.69 Å². The van der Waals surface area contributed by atoms with Crippen molar-refractivity contribution in [3.63, 3.8) is 0 Å². The lowest BCUT2D eigenvalue weighted by Gasteiger charge is -2.20. The number of aryl methyl sites for hydroxylation is 2. The Bertz CT molecular complexity index is 951. The van der Waals surface area contributed by atoms with Crippen LogP contribution in [0.15, 0.2) is 36.4 Å². The number of carbonyl (C=O) groups excluding carboxylic acids is 3. The van der Waals surface area contributed by atoms with Crippen LogP contribution in [0.3, 0.4) is 0 Å². The minimum absolute atomic E-state index is 0.109. The molecule has 1 spiro atoms. The van der Waals surface area contributed by atoms with Crippen LogP contribution in [-0.2, 0) is 4.79 Å². The van der Waals surface area contributed by atoms with Crippen molar-refractivity contribution in [3.05, 3.63) is 53.3 Å². The summed E-state index contributed by atoms with van der Waals surface area (Å²) in [6.45, 7) is 4.82. The summed E-state index contributed by atoms with van der Waals surface area (Å²) >= 11 is 0. The van der Waals surface area contributed by atoms with E-state index in [2.05, 4.69) is 27.3 Å². The highest BCUT2D eigenvalue weighted by molar-refractivity contribution is 6.07. The average Bonchev–Trinajstić information content (AvgIpc) is 3.40. The molecule has 158 valence electrons. The third kappa shape index (κ3) is 3.60. The Morgan fingerprint density at radius 1 is 1.03 bits per heavy atom. The molecule has 2 aliphatic rings. The Labute approximate surface area is 176 Å². The molecule has 2 aromatic rings. The molecule has 2 heterocycles. The zero-order chi connectivity index (χ0) is 21.3. The number of hydrogen-bond donors (Lipinski definition) is 2. The largest absolute Gasteiger partial charge is 0.352 e. The quantitative estimate of drug-likeness (QED) is 0.569. The van der Waals surface area contributed by atoms with Crippen LogP contribution in [0, 0.1) is 13.8 Å². The molecule has 0 atom stereocenters. The summed E-state index contributed by atoms with van der Waals surface area (Å²) in [4.78, 5) is 38.5. The van der Waals surface area contributed by atoms with E-state index < -0.39 is 5.54 Å². The first kappa shape index (κ1) is 20.2. The van der Waals surface area contributed by atoms with Crippen molar-refractivity contribution in [2.24, 2.45) is 0 Å². The monoisotopic (exact) mass is 408 g/mol. The molecular weight excluding hydrogens is 380 g/mol. The molecule has 2 fully saturated rings. The van der Waals surface area contributed by atoms with Gasteiger partial charge < -0.3 is 15.2 Å². The average molecular weight is 409 g/mol. The van der Waals surface area contributed by atoms with Crippen molar-refractivity contribution in [2.75, 3.05) is 13.1 Å². The maximum atomic E-state index is 12.6. The molecule has 0 bridgehead atoms. The highest BCUT2D eigenvalue weighted by Crippen LogP contribution is 2.35. The number of amides is 4. The Balaban J connectivity index is 1.28. The molecule has 30 heavy (non-hydrogen) atoms. The summed E-state index contributed by atoms with van der Waals surface area (Å²) in [5, 5.41) is 5.75. The van der Waals surface area contributed by atoms with Gasteiger partial charge in [0.25, 0.3) is 11.8 Å². The number of rotatable bonds is 6. The Kier molecular flexibility index (Phi) is 5.37. The van der Waals surface area contributed by atoms with E-state index in [0.717, 1.165) is 42.8 Å². The predicted molar refractivity (Wildman–Crippen MR) is 114 cm³/mol. The molecule has 7 nitrogen and oxygen atoms in total. The standard InChI is InChI=1S/C23H28N4O3/c1-16-6-7-17(2)27(16)19-10-8-18(9-11-19)20(28)24-14-5-15-26-21(29)23(25-22(26)30)12-3-4-13-23/h6-11H,3-5,12-15H2,1-2H3,(H,24,28)(H,25,30). The maximum Gasteiger partial charge on any atom is 0.325 e. The third-order valence-electron chi connectivity index (χ3n) is 6.21. The van der Waals surface area contributed by atoms with Crippen LogP contribution in [0.2, 0.25) is 0 Å². The second kappa shape index (κ2) is 7.97. The van der Waals surface area contributed by atoms with Crippen molar-refractivity contribution in [1.82, 2.24) is 20.1 Å². The van der Waals surface area contributed by atoms with Gasteiger partial charge in [0, 0.05) is 35.7 Å². The molecule has 4 amide bonds. The SMILES string of the molecule is Cc1ccc(C)n1-c1ccc(C(=O)NCCCN2C(=O)NC3(CCCC3)C2=O)cc1. The molecule has 2 N–H and O–H groups in total. The van der Waals surface area contributed by atoms with E-state index in [1.54, 1.807) is 0 Å². The number of hydrogen-bond acceptors (Lipinski definition) is 3. The van der Waals surface area contributed by atoms with E-state index in [1.807, 2.05) is 38.1 Å². The van der Waals surface area contributed by atoms with E-state index >= 15 is 0 Å². The fourth-order valence-corrected chi connectivity index (χ4v) is 4.58. The zero-order valence-electron chi connectivity index (χ0n) is 17.5. The van der Waals surface area contributed by atoms with Crippen LogP contribution in [0.25, 0.3) is 5.69 Å². The first-order valence-corrected chi connectivity index (χ1v) is 10.6. The highest BCUT2D eigenvalue weighted by atomic mass is 16.2. The number of urea groups is 1. The first-order valence-electron chi connectivity index (χ1n) is 10.6. The van der Waals surface area contributed by atoms with Gasteiger partial charge in [0.05, 0.1) is 0 Å². The number of nitrogens with one attached hydrogen (secondary N) is 2. The number of benzene rings is 1. The van der Waals surface area contributed by atoms with Crippen LogP contribution in [0.4, 0.5) is 4.79 Å². The fourth-order valence-electron chi connectivity index (χ4n) is 4.58. The van der Waals surface area contributed by atoms with Crippen molar-refractivity contribution < 1.29 is 14.4 Å². The summed E-state index contributed by atoms with van der Waals surface area (Å²) in [6.07, 6.45) is 3.92. The molecule has 1 saturated heterocycles. The van der Waals surface area contributed by atoms with E-state index in [-0.39, 0.29) is 17.8 Å². The zero-order valence-corrected chi connectivity index (χ0v) is 17.5. The number of nitrogens with zero attached hydrogens (tertiary/aromatic N) is 2. The highest BCUT2D eigenvalue weighted by Gasteiger charge is 2.51. The molecule has 0 unspecified atom stereocenters.